The Hall–Kier alpha value is -0.810. The molecule has 0 aromatic carbocycles. The summed E-state index contributed by atoms with van der Waals surface area (Å²) in [5.74, 6) is 0. The van der Waals surface area contributed by atoms with Gasteiger partial charge in [-0.25, -0.2) is 0 Å². The van der Waals surface area contributed by atoms with Crippen molar-refractivity contribution in [2.75, 3.05) is 0 Å². The molecule has 2 heteroatoms. The van der Waals surface area contributed by atoms with Crippen LogP contribution < -0.4 is 5.32 Å². The maximum atomic E-state index is 8.63. The fourth-order valence-electron chi connectivity index (χ4n) is 1.54. The third-order valence-electron chi connectivity index (χ3n) is 2.50. The first-order valence-electron chi connectivity index (χ1n) is 5.86. The highest BCUT2D eigenvalue weighted by Crippen LogP contribution is 2.04. The molecule has 0 fully saturated rings. The second kappa shape index (κ2) is 8.49. The van der Waals surface area contributed by atoms with Gasteiger partial charge in [0, 0.05) is 12.1 Å². The number of nitrogens with zero attached hydrogens (tertiary/aromatic N) is 1. The van der Waals surface area contributed by atoms with E-state index in [1.807, 2.05) is 0 Å². The third-order valence-corrected chi connectivity index (χ3v) is 2.50. The van der Waals surface area contributed by atoms with E-state index in [0.29, 0.717) is 18.5 Å². The molecule has 0 saturated carbocycles. The molecule has 0 aromatic rings. The molecule has 0 amide bonds. The van der Waals surface area contributed by atoms with Gasteiger partial charge in [-0.05, 0) is 40.0 Å². The quantitative estimate of drug-likeness (QED) is 0.651. The fraction of sp³-hybridized carbons (Fsp3) is 0.769. The molecule has 2 unspecified atom stereocenters. The van der Waals surface area contributed by atoms with Crippen molar-refractivity contribution in [3.8, 4) is 6.07 Å². The summed E-state index contributed by atoms with van der Waals surface area (Å²) in [7, 11) is 0. The molecule has 0 saturated heterocycles. The van der Waals surface area contributed by atoms with Crippen LogP contribution in [0.5, 0.6) is 0 Å². The zero-order valence-corrected chi connectivity index (χ0v) is 10.5. The van der Waals surface area contributed by atoms with Crippen molar-refractivity contribution in [2.24, 2.45) is 0 Å². The summed E-state index contributed by atoms with van der Waals surface area (Å²) in [6.45, 7) is 8.57. The lowest BCUT2D eigenvalue weighted by Crippen LogP contribution is -2.35. The van der Waals surface area contributed by atoms with E-state index in [1.165, 1.54) is 5.57 Å². The molecular formula is C13H24N2. The zero-order chi connectivity index (χ0) is 11.7. The van der Waals surface area contributed by atoms with E-state index >= 15 is 0 Å². The Bertz CT molecular complexity index is 221. The number of hydrogen-bond acceptors (Lipinski definition) is 2. The molecule has 0 aliphatic heterocycles. The number of rotatable bonds is 7. The normalized spacial score (nSPS) is 14.1. The van der Waals surface area contributed by atoms with E-state index < -0.39 is 0 Å². The molecule has 0 aliphatic carbocycles. The van der Waals surface area contributed by atoms with E-state index in [2.05, 4.69) is 45.2 Å². The second-order valence-electron chi connectivity index (χ2n) is 4.39. The molecule has 2 nitrogen and oxygen atoms in total. The van der Waals surface area contributed by atoms with Gasteiger partial charge in [0.2, 0.25) is 0 Å². The Balaban J connectivity index is 3.76. The fourth-order valence-corrected chi connectivity index (χ4v) is 1.54. The SMILES string of the molecule is CCC(CC#N)NC(C)CCC=C(C)C. The van der Waals surface area contributed by atoms with Gasteiger partial charge < -0.3 is 5.32 Å². The highest BCUT2D eigenvalue weighted by atomic mass is 14.9. The summed E-state index contributed by atoms with van der Waals surface area (Å²) in [6.07, 6.45) is 6.18. The summed E-state index contributed by atoms with van der Waals surface area (Å²) in [4.78, 5) is 0. The first-order valence-corrected chi connectivity index (χ1v) is 5.86. The molecule has 0 radical (unpaired) electrons. The highest BCUT2D eigenvalue weighted by molar-refractivity contribution is 4.93. The van der Waals surface area contributed by atoms with Gasteiger partial charge in [0.1, 0.15) is 0 Å². The Morgan fingerprint density at radius 3 is 2.60 bits per heavy atom. The smallest absolute Gasteiger partial charge is 0.0638 e. The van der Waals surface area contributed by atoms with Gasteiger partial charge in [0.25, 0.3) is 0 Å². The van der Waals surface area contributed by atoms with Gasteiger partial charge >= 0.3 is 0 Å². The lowest BCUT2D eigenvalue weighted by Gasteiger charge is -2.19. The van der Waals surface area contributed by atoms with Crippen molar-refractivity contribution >= 4 is 0 Å². The summed E-state index contributed by atoms with van der Waals surface area (Å²) in [6, 6.07) is 3.08. The summed E-state index contributed by atoms with van der Waals surface area (Å²) in [5.41, 5.74) is 1.38. The van der Waals surface area contributed by atoms with Crippen molar-refractivity contribution < 1.29 is 0 Å². The van der Waals surface area contributed by atoms with Crippen LogP contribution in [-0.2, 0) is 0 Å². The van der Waals surface area contributed by atoms with Gasteiger partial charge in [0.05, 0.1) is 12.5 Å². The maximum absolute atomic E-state index is 8.63. The minimum Gasteiger partial charge on any atom is -0.310 e. The Morgan fingerprint density at radius 1 is 1.47 bits per heavy atom. The molecule has 0 heterocycles. The van der Waals surface area contributed by atoms with E-state index in [9.17, 15) is 0 Å². The maximum Gasteiger partial charge on any atom is 0.0638 e. The zero-order valence-electron chi connectivity index (χ0n) is 10.5. The van der Waals surface area contributed by atoms with Crippen LogP contribution in [-0.4, -0.2) is 12.1 Å². The Morgan fingerprint density at radius 2 is 2.13 bits per heavy atom. The number of nitriles is 1. The van der Waals surface area contributed by atoms with Gasteiger partial charge in [-0.2, -0.15) is 5.26 Å². The first kappa shape index (κ1) is 14.2. The van der Waals surface area contributed by atoms with Gasteiger partial charge in [-0.1, -0.05) is 18.6 Å². The van der Waals surface area contributed by atoms with Crippen LogP contribution in [0.15, 0.2) is 11.6 Å². The minimum atomic E-state index is 0.358. The Labute approximate surface area is 94.4 Å². The summed E-state index contributed by atoms with van der Waals surface area (Å²) >= 11 is 0. The van der Waals surface area contributed by atoms with E-state index in [-0.39, 0.29) is 0 Å². The Kier molecular flexibility index (Phi) is 8.04. The molecule has 0 aliphatic rings. The summed E-state index contributed by atoms with van der Waals surface area (Å²) in [5, 5.41) is 12.1. The number of nitrogens with one attached hydrogen (secondary N) is 1. The second-order valence-corrected chi connectivity index (χ2v) is 4.39. The van der Waals surface area contributed by atoms with E-state index in [1.54, 1.807) is 0 Å². The topological polar surface area (TPSA) is 35.8 Å². The molecule has 86 valence electrons. The highest BCUT2D eigenvalue weighted by Gasteiger charge is 2.08. The van der Waals surface area contributed by atoms with Crippen LogP contribution in [0, 0.1) is 11.3 Å². The third kappa shape index (κ3) is 8.20. The molecular weight excluding hydrogens is 184 g/mol. The number of hydrogen-bond donors (Lipinski definition) is 1. The van der Waals surface area contributed by atoms with E-state index in [0.717, 1.165) is 19.3 Å². The van der Waals surface area contributed by atoms with Crippen LogP contribution in [0.25, 0.3) is 0 Å². The van der Waals surface area contributed by atoms with Crippen molar-refractivity contribution in [3.63, 3.8) is 0 Å². The van der Waals surface area contributed by atoms with Gasteiger partial charge in [-0.3, -0.25) is 0 Å². The van der Waals surface area contributed by atoms with Crippen molar-refractivity contribution in [1.29, 1.82) is 5.26 Å². The van der Waals surface area contributed by atoms with Crippen molar-refractivity contribution in [1.82, 2.24) is 5.32 Å². The standard InChI is InChI=1S/C13H24N2/c1-5-13(9-10-14)15-12(4)8-6-7-11(2)3/h7,12-13,15H,5-6,8-9H2,1-4H3. The van der Waals surface area contributed by atoms with Crippen molar-refractivity contribution in [3.05, 3.63) is 11.6 Å². The monoisotopic (exact) mass is 208 g/mol. The first-order chi connectivity index (χ1) is 7.10. The lowest BCUT2D eigenvalue weighted by molar-refractivity contribution is 0.423. The van der Waals surface area contributed by atoms with Crippen LogP contribution in [0.3, 0.4) is 0 Å². The molecule has 1 N–H and O–H groups in total. The average Bonchev–Trinajstić information content (AvgIpc) is 2.16. The number of allylic oxidation sites excluding steroid dienone is 2. The van der Waals surface area contributed by atoms with Gasteiger partial charge in [0.15, 0.2) is 0 Å². The molecule has 15 heavy (non-hydrogen) atoms. The van der Waals surface area contributed by atoms with Crippen LogP contribution in [0.1, 0.15) is 53.4 Å². The molecule has 0 spiro atoms. The van der Waals surface area contributed by atoms with Crippen molar-refractivity contribution in [2.45, 2.75) is 65.5 Å². The largest absolute Gasteiger partial charge is 0.310 e. The summed E-state index contributed by atoms with van der Waals surface area (Å²) < 4.78 is 0. The molecule has 0 aromatic heterocycles. The minimum absolute atomic E-state index is 0.358. The van der Waals surface area contributed by atoms with Crippen LogP contribution in [0.4, 0.5) is 0 Å². The molecule has 0 rings (SSSR count). The lowest BCUT2D eigenvalue weighted by atomic mass is 10.1. The van der Waals surface area contributed by atoms with Crippen LogP contribution >= 0.6 is 0 Å². The molecule has 2 atom stereocenters. The van der Waals surface area contributed by atoms with Crippen LogP contribution in [0.2, 0.25) is 0 Å². The molecule has 0 bridgehead atoms. The predicted molar refractivity (Wildman–Crippen MR) is 65.6 cm³/mol. The van der Waals surface area contributed by atoms with Gasteiger partial charge in [-0.15, -0.1) is 0 Å². The predicted octanol–water partition coefficient (Wildman–Crippen LogP) is 3.40. The average molecular weight is 208 g/mol. The van der Waals surface area contributed by atoms with E-state index in [4.69, 9.17) is 5.26 Å².